The molecule has 0 aliphatic rings. The molecule has 0 saturated carbocycles. The zero-order chi connectivity index (χ0) is 11.1. The summed E-state index contributed by atoms with van der Waals surface area (Å²) in [6, 6.07) is 15.7. The van der Waals surface area contributed by atoms with E-state index in [1.165, 1.54) is 0 Å². The zero-order valence-corrected chi connectivity index (χ0v) is 9.41. The summed E-state index contributed by atoms with van der Waals surface area (Å²) in [5.74, 6) is 0.285. The molecule has 0 heterocycles. The van der Waals surface area contributed by atoms with Gasteiger partial charge in [0.2, 0.25) is 0 Å². The number of benzene rings is 3. The van der Waals surface area contributed by atoms with Crippen LogP contribution < -0.4 is 0 Å². The molecule has 0 aromatic heterocycles. The molecule has 3 aromatic carbocycles. The van der Waals surface area contributed by atoms with Gasteiger partial charge in [0.15, 0.2) is 0 Å². The SMILES string of the molecule is Oc1cccc2cc3ccccc3c(S)c12. The molecule has 0 bridgehead atoms. The first-order chi connectivity index (χ1) is 7.77. The number of hydrogen-bond acceptors (Lipinski definition) is 2. The Morgan fingerprint density at radius 2 is 1.62 bits per heavy atom. The average Bonchev–Trinajstić information content (AvgIpc) is 2.29. The van der Waals surface area contributed by atoms with Gasteiger partial charge >= 0.3 is 0 Å². The van der Waals surface area contributed by atoms with Crippen molar-refractivity contribution in [3.63, 3.8) is 0 Å². The van der Waals surface area contributed by atoms with Gasteiger partial charge in [-0.3, -0.25) is 0 Å². The van der Waals surface area contributed by atoms with Gasteiger partial charge in [0.1, 0.15) is 5.75 Å². The molecule has 2 heteroatoms. The molecule has 0 fully saturated rings. The number of phenolic OH excluding ortho intramolecular Hbond substituents is 1. The van der Waals surface area contributed by atoms with Gasteiger partial charge in [-0.05, 0) is 28.3 Å². The molecule has 1 N–H and O–H groups in total. The molecule has 0 aliphatic heterocycles. The van der Waals surface area contributed by atoms with Crippen LogP contribution in [0, 0.1) is 0 Å². The molecule has 0 unspecified atom stereocenters. The van der Waals surface area contributed by atoms with Gasteiger partial charge in [0.05, 0.1) is 0 Å². The molecule has 0 radical (unpaired) electrons. The third kappa shape index (κ3) is 1.27. The Hall–Kier alpha value is -1.67. The van der Waals surface area contributed by atoms with Crippen LogP contribution in [0.25, 0.3) is 21.5 Å². The van der Waals surface area contributed by atoms with Gasteiger partial charge in [0, 0.05) is 10.3 Å². The van der Waals surface area contributed by atoms with E-state index < -0.39 is 0 Å². The second-order valence-electron chi connectivity index (χ2n) is 3.82. The minimum absolute atomic E-state index is 0.285. The summed E-state index contributed by atoms with van der Waals surface area (Å²) in [6.45, 7) is 0. The van der Waals surface area contributed by atoms with E-state index in [2.05, 4.69) is 24.8 Å². The van der Waals surface area contributed by atoms with E-state index in [0.29, 0.717) is 0 Å². The molecule has 0 amide bonds. The number of thiol groups is 1. The first-order valence-corrected chi connectivity index (χ1v) is 5.54. The van der Waals surface area contributed by atoms with Crippen molar-refractivity contribution in [1.29, 1.82) is 0 Å². The Balaban J connectivity index is 2.62. The summed E-state index contributed by atoms with van der Waals surface area (Å²) in [5, 5.41) is 13.9. The van der Waals surface area contributed by atoms with Gasteiger partial charge in [0.25, 0.3) is 0 Å². The van der Waals surface area contributed by atoms with Crippen molar-refractivity contribution in [2.24, 2.45) is 0 Å². The summed E-state index contributed by atoms with van der Waals surface area (Å²) < 4.78 is 0. The van der Waals surface area contributed by atoms with Gasteiger partial charge in [-0.1, -0.05) is 36.4 Å². The number of fused-ring (bicyclic) bond motifs is 2. The standard InChI is InChI=1S/C14H10OS/c15-12-7-3-5-10-8-9-4-1-2-6-11(9)14(16)13(10)12/h1-8,15-16H. The third-order valence-electron chi connectivity index (χ3n) is 2.84. The van der Waals surface area contributed by atoms with Crippen molar-refractivity contribution in [2.75, 3.05) is 0 Å². The van der Waals surface area contributed by atoms with Crippen LogP contribution in [0.1, 0.15) is 0 Å². The molecule has 3 aromatic rings. The van der Waals surface area contributed by atoms with E-state index in [1.807, 2.05) is 30.3 Å². The van der Waals surface area contributed by atoms with Crippen LogP contribution in [0.15, 0.2) is 53.4 Å². The molecule has 3 rings (SSSR count). The molecule has 0 atom stereocenters. The van der Waals surface area contributed by atoms with E-state index in [1.54, 1.807) is 6.07 Å². The second-order valence-corrected chi connectivity index (χ2v) is 4.27. The van der Waals surface area contributed by atoms with Crippen molar-refractivity contribution in [1.82, 2.24) is 0 Å². The summed E-state index contributed by atoms with van der Waals surface area (Å²) in [7, 11) is 0. The lowest BCUT2D eigenvalue weighted by atomic mass is 10.0. The zero-order valence-electron chi connectivity index (χ0n) is 8.51. The molecule has 0 saturated heterocycles. The van der Waals surface area contributed by atoms with Crippen molar-refractivity contribution in [3.8, 4) is 5.75 Å². The van der Waals surface area contributed by atoms with Crippen LogP contribution in [0.5, 0.6) is 5.75 Å². The largest absolute Gasteiger partial charge is 0.507 e. The molecule has 0 spiro atoms. The fourth-order valence-corrected chi connectivity index (χ4v) is 2.52. The maximum atomic E-state index is 9.86. The highest BCUT2D eigenvalue weighted by Crippen LogP contribution is 2.35. The van der Waals surface area contributed by atoms with Gasteiger partial charge < -0.3 is 5.11 Å². The fourth-order valence-electron chi connectivity index (χ4n) is 2.08. The monoisotopic (exact) mass is 226 g/mol. The van der Waals surface area contributed by atoms with E-state index >= 15 is 0 Å². The highest BCUT2D eigenvalue weighted by atomic mass is 32.1. The maximum absolute atomic E-state index is 9.86. The number of aromatic hydroxyl groups is 1. The summed E-state index contributed by atoms with van der Waals surface area (Å²) in [5.41, 5.74) is 0. The van der Waals surface area contributed by atoms with Crippen LogP contribution >= 0.6 is 12.6 Å². The Bertz CT molecular complexity index is 689. The third-order valence-corrected chi connectivity index (χ3v) is 3.30. The number of hydrogen-bond donors (Lipinski definition) is 2. The minimum atomic E-state index is 0.285. The van der Waals surface area contributed by atoms with E-state index in [9.17, 15) is 5.11 Å². The van der Waals surface area contributed by atoms with E-state index in [4.69, 9.17) is 0 Å². The highest BCUT2D eigenvalue weighted by Gasteiger charge is 2.07. The first-order valence-electron chi connectivity index (χ1n) is 5.10. The predicted molar refractivity (Wildman–Crippen MR) is 70.4 cm³/mol. The highest BCUT2D eigenvalue weighted by molar-refractivity contribution is 7.80. The van der Waals surface area contributed by atoms with Crippen LogP contribution in [0.3, 0.4) is 0 Å². The molecular weight excluding hydrogens is 216 g/mol. The van der Waals surface area contributed by atoms with Crippen molar-refractivity contribution in [3.05, 3.63) is 48.5 Å². The minimum Gasteiger partial charge on any atom is -0.507 e. The average molecular weight is 226 g/mol. The fraction of sp³-hybridized carbons (Fsp3) is 0. The Kier molecular flexibility index (Phi) is 2.04. The topological polar surface area (TPSA) is 20.2 Å². The Morgan fingerprint density at radius 1 is 0.875 bits per heavy atom. The van der Waals surface area contributed by atoms with Crippen molar-refractivity contribution in [2.45, 2.75) is 4.90 Å². The van der Waals surface area contributed by atoms with Crippen LogP contribution in [0.4, 0.5) is 0 Å². The van der Waals surface area contributed by atoms with Gasteiger partial charge in [-0.25, -0.2) is 0 Å². The molecule has 78 valence electrons. The normalized spacial score (nSPS) is 11.1. The molecule has 1 nitrogen and oxygen atoms in total. The summed E-state index contributed by atoms with van der Waals surface area (Å²) in [4.78, 5) is 0.839. The van der Waals surface area contributed by atoms with E-state index in [0.717, 1.165) is 26.4 Å². The predicted octanol–water partition coefficient (Wildman–Crippen LogP) is 3.99. The number of phenols is 1. The molecular formula is C14H10OS. The quantitative estimate of drug-likeness (QED) is 0.438. The van der Waals surface area contributed by atoms with Crippen LogP contribution in [0.2, 0.25) is 0 Å². The number of rotatable bonds is 0. The first kappa shape index (κ1) is 9.55. The molecule has 16 heavy (non-hydrogen) atoms. The smallest absolute Gasteiger partial charge is 0.124 e. The summed E-state index contributed by atoms with van der Waals surface area (Å²) >= 11 is 4.53. The van der Waals surface area contributed by atoms with Crippen LogP contribution in [-0.4, -0.2) is 5.11 Å². The van der Waals surface area contributed by atoms with Crippen LogP contribution in [-0.2, 0) is 0 Å². The van der Waals surface area contributed by atoms with E-state index in [-0.39, 0.29) is 5.75 Å². The lowest BCUT2D eigenvalue weighted by Crippen LogP contribution is -1.80. The Morgan fingerprint density at radius 3 is 2.50 bits per heavy atom. The Labute approximate surface area is 98.7 Å². The van der Waals surface area contributed by atoms with Gasteiger partial charge in [-0.15, -0.1) is 12.6 Å². The van der Waals surface area contributed by atoms with Crippen molar-refractivity contribution < 1.29 is 5.11 Å². The second kappa shape index (κ2) is 3.42. The maximum Gasteiger partial charge on any atom is 0.124 e. The lowest BCUT2D eigenvalue weighted by molar-refractivity contribution is 0.481. The lowest BCUT2D eigenvalue weighted by Gasteiger charge is -2.08. The van der Waals surface area contributed by atoms with Gasteiger partial charge in [-0.2, -0.15) is 0 Å². The summed E-state index contributed by atoms with van der Waals surface area (Å²) in [6.07, 6.45) is 0. The molecule has 0 aliphatic carbocycles. The van der Waals surface area contributed by atoms with Crippen molar-refractivity contribution >= 4 is 34.2 Å².